The molecule has 11 heteroatoms. The maximum atomic E-state index is 11.7. The highest BCUT2D eigenvalue weighted by atomic mass is 16.2. The topological polar surface area (TPSA) is 135 Å². The Hall–Kier alpha value is -2.08. The van der Waals surface area contributed by atoms with Crippen molar-refractivity contribution in [3.63, 3.8) is 0 Å². The summed E-state index contributed by atoms with van der Waals surface area (Å²) in [6, 6.07) is 0. The fourth-order valence-corrected chi connectivity index (χ4v) is 3.03. The van der Waals surface area contributed by atoms with Crippen LogP contribution in [0.2, 0.25) is 0 Å². The largest absolute Gasteiger partial charge is 0.359 e. The number of hydrogen-bond donors (Lipinski definition) is 5. The molecule has 0 aromatic rings. The molecule has 0 spiro atoms. The Morgan fingerprint density at radius 1 is 0.515 bits per heavy atom. The maximum absolute atomic E-state index is 11.7. The minimum Gasteiger partial charge on any atom is -0.359 e. The molecule has 0 saturated heterocycles. The third-order valence-corrected chi connectivity index (χ3v) is 5.27. The summed E-state index contributed by atoms with van der Waals surface area (Å²) in [5.41, 5.74) is 0. The van der Waals surface area contributed by atoms with E-state index in [2.05, 4.69) is 36.4 Å². The Morgan fingerprint density at radius 2 is 0.939 bits per heavy atom. The summed E-state index contributed by atoms with van der Waals surface area (Å²) < 4.78 is 0. The molecule has 0 heterocycles. The molecule has 11 nitrogen and oxygen atoms in total. The molecule has 0 aliphatic rings. The van der Waals surface area contributed by atoms with Crippen LogP contribution in [0, 0.1) is 0 Å². The van der Waals surface area contributed by atoms with Crippen molar-refractivity contribution in [2.45, 2.75) is 32.6 Å². The summed E-state index contributed by atoms with van der Waals surface area (Å²) in [6.07, 6.45) is 1.73. The summed E-state index contributed by atoms with van der Waals surface area (Å²) in [7, 11) is 4.88. The van der Waals surface area contributed by atoms with Crippen LogP contribution in [0.5, 0.6) is 0 Å². The van der Waals surface area contributed by atoms with Crippen molar-refractivity contribution in [2.75, 3.05) is 86.6 Å². The van der Waals surface area contributed by atoms with Gasteiger partial charge in [0.1, 0.15) is 5.78 Å². The average Bonchev–Trinajstić information content (AvgIpc) is 2.81. The number of Topliss-reactive ketones (excluding diaryl/α,β-unsaturated/α-hetero) is 1. The molecule has 0 unspecified atom stereocenters. The van der Waals surface area contributed by atoms with E-state index < -0.39 is 0 Å². The van der Waals surface area contributed by atoms with Crippen molar-refractivity contribution >= 4 is 23.5 Å². The van der Waals surface area contributed by atoms with Gasteiger partial charge in [0, 0.05) is 112 Å². The van der Waals surface area contributed by atoms with Gasteiger partial charge in [0.05, 0.1) is 0 Å². The number of ketones is 1. The number of hydrogen-bond acceptors (Lipinski definition) is 8. The summed E-state index contributed by atoms with van der Waals surface area (Å²) in [5.74, 6) is 0.133. The van der Waals surface area contributed by atoms with E-state index in [-0.39, 0.29) is 23.5 Å². The van der Waals surface area contributed by atoms with Gasteiger partial charge >= 0.3 is 0 Å². The van der Waals surface area contributed by atoms with Crippen molar-refractivity contribution in [2.24, 2.45) is 0 Å². The second kappa shape index (κ2) is 20.5. The maximum Gasteiger partial charge on any atom is 0.221 e. The van der Waals surface area contributed by atoms with Crippen LogP contribution in [0.1, 0.15) is 32.6 Å². The lowest BCUT2D eigenvalue weighted by Gasteiger charge is -2.27. The van der Waals surface area contributed by atoms with Gasteiger partial charge in [0.2, 0.25) is 17.7 Å². The zero-order valence-electron chi connectivity index (χ0n) is 20.9. The van der Waals surface area contributed by atoms with Gasteiger partial charge in [-0.1, -0.05) is 0 Å². The SMILES string of the molecule is CNC(=O)CCNCCNCCN(CCC(=O)NC)CCN(CCC(C)=O)CCC(=O)NC. The standard InChI is InChI=1S/C22H45N7O4/c1-19(30)6-13-28(14-7-21(32)24-3)17-18-29(15-8-22(33)25-4)16-12-27-11-10-26-9-5-20(31)23-2/h26-27H,5-18H2,1-4H3,(H,23,31)(H,24,32)(H,25,33). The van der Waals surface area contributed by atoms with E-state index in [0.29, 0.717) is 51.9 Å². The zero-order valence-corrected chi connectivity index (χ0v) is 20.9. The van der Waals surface area contributed by atoms with Crippen LogP contribution in [0.3, 0.4) is 0 Å². The lowest BCUT2D eigenvalue weighted by Crippen LogP contribution is -2.42. The highest BCUT2D eigenvalue weighted by molar-refractivity contribution is 5.76. The van der Waals surface area contributed by atoms with E-state index in [1.165, 1.54) is 0 Å². The second-order valence-corrected chi connectivity index (χ2v) is 7.90. The molecule has 5 N–H and O–H groups in total. The molecule has 192 valence electrons. The Labute approximate surface area is 198 Å². The van der Waals surface area contributed by atoms with E-state index in [9.17, 15) is 19.2 Å². The Balaban J connectivity index is 4.47. The monoisotopic (exact) mass is 471 g/mol. The van der Waals surface area contributed by atoms with E-state index in [1.54, 1.807) is 28.1 Å². The molecule has 0 radical (unpaired) electrons. The van der Waals surface area contributed by atoms with E-state index in [0.717, 1.165) is 39.3 Å². The molecule has 0 bridgehead atoms. The molecule has 0 rings (SSSR count). The van der Waals surface area contributed by atoms with Gasteiger partial charge in [0.25, 0.3) is 0 Å². The number of nitrogens with zero attached hydrogens (tertiary/aromatic N) is 2. The second-order valence-electron chi connectivity index (χ2n) is 7.90. The van der Waals surface area contributed by atoms with Crippen LogP contribution in [0.25, 0.3) is 0 Å². The summed E-state index contributed by atoms with van der Waals surface area (Å²) in [4.78, 5) is 50.3. The van der Waals surface area contributed by atoms with Gasteiger partial charge < -0.3 is 36.4 Å². The molecule has 0 atom stereocenters. The number of amides is 3. The molecular weight excluding hydrogens is 426 g/mol. The number of carbonyl (C=O) groups excluding carboxylic acids is 4. The van der Waals surface area contributed by atoms with Crippen LogP contribution in [0.15, 0.2) is 0 Å². The van der Waals surface area contributed by atoms with Gasteiger partial charge in [-0.2, -0.15) is 0 Å². The van der Waals surface area contributed by atoms with Crippen molar-refractivity contribution in [3.05, 3.63) is 0 Å². The van der Waals surface area contributed by atoms with Crippen molar-refractivity contribution < 1.29 is 19.2 Å². The Kier molecular flexibility index (Phi) is 19.2. The van der Waals surface area contributed by atoms with E-state index in [4.69, 9.17) is 0 Å². The molecule has 0 aromatic carbocycles. The Morgan fingerprint density at radius 3 is 1.42 bits per heavy atom. The first-order valence-corrected chi connectivity index (χ1v) is 11.8. The lowest BCUT2D eigenvalue weighted by atomic mass is 10.2. The fourth-order valence-electron chi connectivity index (χ4n) is 3.03. The van der Waals surface area contributed by atoms with Crippen LogP contribution in [0.4, 0.5) is 0 Å². The van der Waals surface area contributed by atoms with Gasteiger partial charge in [-0.25, -0.2) is 0 Å². The molecule has 3 amide bonds. The number of rotatable bonds is 21. The minimum absolute atomic E-state index is 0.00123. The third kappa shape index (κ3) is 19.1. The van der Waals surface area contributed by atoms with Crippen molar-refractivity contribution in [1.82, 2.24) is 36.4 Å². The van der Waals surface area contributed by atoms with Gasteiger partial charge in [-0.05, 0) is 6.92 Å². The van der Waals surface area contributed by atoms with E-state index >= 15 is 0 Å². The van der Waals surface area contributed by atoms with Gasteiger partial charge in [0.15, 0.2) is 0 Å². The lowest BCUT2D eigenvalue weighted by molar-refractivity contribution is -0.122. The molecule has 0 aliphatic heterocycles. The molecule has 0 saturated carbocycles. The molecule has 0 fully saturated rings. The number of nitrogens with one attached hydrogen (secondary N) is 5. The number of carbonyl (C=O) groups is 4. The van der Waals surface area contributed by atoms with Gasteiger partial charge in [-0.15, -0.1) is 0 Å². The normalized spacial score (nSPS) is 11.0. The molecular formula is C22H45N7O4. The average molecular weight is 472 g/mol. The molecule has 0 aromatic heterocycles. The third-order valence-electron chi connectivity index (χ3n) is 5.27. The zero-order chi connectivity index (χ0) is 24.9. The highest BCUT2D eigenvalue weighted by Gasteiger charge is 2.13. The minimum atomic E-state index is -0.0209. The first-order valence-electron chi connectivity index (χ1n) is 11.8. The fraction of sp³-hybridized carbons (Fsp3) is 0.818. The van der Waals surface area contributed by atoms with Gasteiger partial charge in [-0.3, -0.25) is 19.2 Å². The van der Waals surface area contributed by atoms with Crippen LogP contribution in [-0.2, 0) is 19.2 Å². The first kappa shape index (κ1) is 30.9. The van der Waals surface area contributed by atoms with Crippen LogP contribution >= 0.6 is 0 Å². The predicted octanol–water partition coefficient (Wildman–Crippen LogP) is -1.84. The predicted molar refractivity (Wildman–Crippen MR) is 130 cm³/mol. The van der Waals surface area contributed by atoms with E-state index in [1.807, 2.05) is 0 Å². The van der Waals surface area contributed by atoms with Crippen LogP contribution in [-0.4, -0.2) is 120 Å². The van der Waals surface area contributed by atoms with Crippen LogP contribution < -0.4 is 26.6 Å². The Bertz CT molecular complexity index is 575. The quantitative estimate of drug-likeness (QED) is 0.123. The molecule has 33 heavy (non-hydrogen) atoms. The first-order chi connectivity index (χ1) is 15.8. The van der Waals surface area contributed by atoms with Crippen molar-refractivity contribution in [1.29, 1.82) is 0 Å². The smallest absolute Gasteiger partial charge is 0.221 e. The molecule has 0 aliphatic carbocycles. The summed E-state index contributed by atoms with van der Waals surface area (Å²) in [5, 5.41) is 14.5. The van der Waals surface area contributed by atoms with Crippen molar-refractivity contribution in [3.8, 4) is 0 Å². The highest BCUT2D eigenvalue weighted by Crippen LogP contribution is 1.99. The summed E-state index contributed by atoms with van der Waals surface area (Å²) >= 11 is 0. The summed E-state index contributed by atoms with van der Waals surface area (Å²) in [6.45, 7) is 8.65.